The highest BCUT2D eigenvalue weighted by Crippen LogP contribution is 2.31. The summed E-state index contributed by atoms with van der Waals surface area (Å²) in [5.41, 5.74) is 4.51. The number of methoxy groups -OCH3 is 1. The van der Waals surface area contributed by atoms with E-state index in [0.717, 1.165) is 28.8 Å². The van der Waals surface area contributed by atoms with E-state index in [4.69, 9.17) is 4.74 Å². The Balaban J connectivity index is 1.76. The third-order valence-electron chi connectivity index (χ3n) is 6.21. The van der Waals surface area contributed by atoms with Crippen LogP contribution < -0.4 is 10.1 Å². The molecule has 0 aromatic heterocycles. The second-order valence-corrected chi connectivity index (χ2v) is 10.4. The van der Waals surface area contributed by atoms with Crippen LogP contribution in [0.25, 0.3) is 0 Å². The van der Waals surface area contributed by atoms with Crippen LogP contribution in [0.15, 0.2) is 35.2 Å². The van der Waals surface area contributed by atoms with Crippen molar-refractivity contribution >= 4 is 15.9 Å². The Hall–Kier alpha value is -2.45. The maximum atomic E-state index is 13.8. The van der Waals surface area contributed by atoms with E-state index in [0.29, 0.717) is 12.8 Å². The number of piperidine rings is 1. The van der Waals surface area contributed by atoms with E-state index in [1.165, 1.54) is 23.0 Å². The van der Waals surface area contributed by atoms with Crippen molar-refractivity contribution in [1.29, 1.82) is 0 Å². The Kier molecular flexibility index (Phi) is 7.25. The van der Waals surface area contributed by atoms with E-state index >= 15 is 0 Å². The standard InChI is InChI=1S/C24H31FN2O4S/c1-15-11-17(3)21(12-16(15)2)18(4)26-24(28)19-7-6-10-27(14-19)32(29,30)23-13-20(25)8-9-22(23)31-5/h8-9,11-13,18-19H,6-7,10,14H2,1-5H3,(H,26,28)/t18-,19+/m1/s1. The Morgan fingerprint density at radius 2 is 1.84 bits per heavy atom. The molecule has 1 heterocycles. The SMILES string of the molecule is COc1ccc(F)cc1S(=O)(=O)N1CCC[C@H](C(=O)N[C@H](C)c2cc(C)c(C)cc2C)C1. The van der Waals surface area contributed by atoms with Gasteiger partial charge in [0.15, 0.2) is 0 Å². The lowest BCUT2D eigenvalue weighted by molar-refractivity contribution is -0.126. The van der Waals surface area contributed by atoms with Crippen molar-refractivity contribution < 1.29 is 22.3 Å². The molecule has 0 unspecified atom stereocenters. The molecule has 32 heavy (non-hydrogen) atoms. The molecule has 0 radical (unpaired) electrons. The monoisotopic (exact) mass is 462 g/mol. The number of ether oxygens (including phenoxy) is 1. The number of nitrogens with one attached hydrogen (secondary N) is 1. The van der Waals surface area contributed by atoms with Gasteiger partial charge >= 0.3 is 0 Å². The molecule has 0 aliphatic carbocycles. The third kappa shape index (κ3) is 4.96. The van der Waals surface area contributed by atoms with Crippen molar-refractivity contribution in [1.82, 2.24) is 9.62 Å². The minimum absolute atomic E-state index is 0.0481. The van der Waals surface area contributed by atoms with Gasteiger partial charge in [0.1, 0.15) is 16.5 Å². The van der Waals surface area contributed by atoms with Crippen LogP contribution in [0, 0.1) is 32.5 Å². The molecule has 2 aromatic rings. The van der Waals surface area contributed by atoms with Crippen molar-refractivity contribution in [2.45, 2.75) is 51.5 Å². The van der Waals surface area contributed by atoms with Crippen LogP contribution in [-0.4, -0.2) is 38.8 Å². The van der Waals surface area contributed by atoms with Gasteiger partial charge in [-0.25, -0.2) is 12.8 Å². The van der Waals surface area contributed by atoms with Crippen LogP contribution in [0.4, 0.5) is 4.39 Å². The number of sulfonamides is 1. The van der Waals surface area contributed by atoms with Gasteiger partial charge in [0.2, 0.25) is 15.9 Å². The van der Waals surface area contributed by atoms with Gasteiger partial charge < -0.3 is 10.1 Å². The summed E-state index contributed by atoms with van der Waals surface area (Å²) in [6, 6.07) is 7.40. The number of rotatable bonds is 6. The van der Waals surface area contributed by atoms with E-state index in [2.05, 4.69) is 24.4 Å². The maximum absolute atomic E-state index is 13.8. The zero-order valence-corrected chi connectivity index (χ0v) is 20.1. The number of halogens is 1. The zero-order chi connectivity index (χ0) is 23.6. The van der Waals surface area contributed by atoms with Gasteiger partial charge in [0.25, 0.3) is 0 Å². The molecule has 1 amide bonds. The molecule has 174 valence electrons. The lowest BCUT2D eigenvalue weighted by atomic mass is 9.95. The normalized spacial score (nSPS) is 18.2. The quantitative estimate of drug-likeness (QED) is 0.703. The van der Waals surface area contributed by atoms with Gasteiger partial charge in [-0.1, -0.05) is 12.1 Å². The highest BCUT2D eigenvalue weighted by molar-refractivity contribution is 7.89. The summed E-state index contributed by atoms with van der Waals surface area (Å²) in [4.78, 5) is 12.8. The molecule has 1 saturated heterocycles. The van der Waals surface area contributed by atoms with Crippen molar-refractivity contribution in [3.05, 3.63) is 58.4 Å². The summed E-state index contributed by atoms with van der Waals surface area (Å²) in [5.74, 6) is -1.24. The minimum Gasteiger partial charge on any atom is -0.495 e. The van der Waals surface area contributed by atoms with Crippen molar-refractivity contribution in [3.63, 3.8) is 0 Å². The van der Waals surface area contributed by atoms with Crippen molar-refractivity contribution in [3.8, 4) is 5.75 Å². The molecule has 3 rings (SSSR count). The van der Waals surface area contributed by atoms with Gasteiger partial charge in [-0.2, -0.15) is 4.31 Å². The lowest BCUT2D eigenvalue weighted by Crippen LogP contribution is -2.45. The third-order valence-corrected chi connectivity index (χ3v) is 8.09. The summed E-state index contributed by atoms with van der Waals surface area (Å²) in [6.45, 7) is 8.37. The first-order chi connectivity index (χ1) is 15.0. The van der Waals surface area contributed by atoms with Crippen molar-refractivity contribution in [2.24, 2.45) is 5.92 Å². The van der Waals surface area contributed by atoms with Gasteiger partial charge in [-0.05, 0) is 81.0 Å². The molecular weight excluding hydrogens is 431 g/mol. The predicted molar refractivity (Wildman–Crippen MR) is 122 cm³/mol. The number of benzene rings is 2. The van der Waals surface area contributed by atoms with Crippen LogP contribution in [0.1, 0.15) is 48.1 Å². The summed E-state index contributed by atoms with van der Waals surface area (Å²) >= 11 is 0. The first kappa shape index (κ1) is 24.2. The lowest BCUT2D eigenvalue weighted by Gasteiger charge is -2.32. The molecule has 2 atom stereocenters. The molecule has 1 aliphatic rings. The average molecular weight is 463 g/mol. The molecule has 1 fully saturated rings. The van der Waals surface area contributed by atoms with E-state index < -0.39 is 21.8 Å². The first-order valence-corrected chi connectivity index (χ1v) is 12.2. The summed E-state index contributed by atoms with van der Waals surface area (Å²) in [7, 11) is -2.66. The molecule has 6 nitrogen and oxygen atoms in total. The fraction of sp³-hybridized carbons (Fsp3) is 0.458. The van der Waals surface area contributed by atoms with E-state index in [9.17, 15) is 17.6 Å². The van der Waals surface area contributed by atoms with Crippen LogP contribution in [0.5, 0.6) is 5.75 Å². The van der Waals surface area contributed by atoms with Gasteiger partial charge in [-0.15, -0.1) is 0 Å². The highest BCUT2D eigenvalue weighted by atomic mass is 32.2. The topological polar surface area (TPSA) is 75.7 Å². The number of carbonyl (C=O) groups is 1. The number of nitrogens with zero attached hydrogens (tertiary/aromatic N) is 1. The smallest absolute Gasteiger partial charge is 0.246 e. The van der Waals surface area contributed by atoms with Crippen molar-refractivity contribution in [2.75, 3.05) is 20.2 Å². The minimum atomic E-state index is -4.00. The number of hydrogen-bond donors (Lipinski definition) is 1. The Bertz CT molecular complexity index is 1120. The molecule has 1 aliphatic heterocycles. The molecule has 0 saturated carbocycles. The molecule has 2 aromatic carbocycles. The second kappa shape index (κ2) is 9.58. The first-order valence-electron chi connectivity index (χ1n) is 10.8. The summed E-state index contributed by atoms with van der Waals surface area (Å²) in [6.07, 6.45) is 1.14. The van der Waals surface area contributed by atoms with E-state index in [1.54, 1.807) is 0 Å². The Morgan fingerprint density at radius 3 is 2.53 bits per heavy atom. The number of amides is 1. The largest absolute Gasteiger partial charge is 0.495 e. The van der Waals surface area contributed by atoms with Crippen LogP contribution in [0.2, 0.25) is 0 Å². The number of carbonyl (C=O) groups excluding carboxylic acids is 1. The maximum Gasteiger partial charge on any atom is 0.246 e. The van der Waals surface area contributed by atoms with Gasteiger partial charge in [-0.3, -0.25) is 4.79 Å². The zero-order valence-electron chi connectivity index (χ0n) is 19.2. The van der Waals surface area contributed by atoms with Gasteiger partial charge in [0.05, 0.1) is 19.1 Å². The molecule has 1 N–H and O–H groups in total. The van der Waals surface area contributed by atoms with Crippen LogP contribution in [0.3, 0.4) is 0 Å². The molecular formula is C24H31FN2O4S. The predicted octanol–water partition coefficient (Wildman–Crippen LogP) is 4.04. The Labute approximate surface area is 189 Å². The van der Waals surface area contributed by atoms with Crippen LogP contribution in [-0.2, 0) is 14.8 Å². The second-order valence-electron chi connectivity index (χ2n) is 8.52. The molecule has 8 heteroatoms. The van der Waals surface area contributed by atoms with Gasteiger partial charge in [0, 0.05) is 13.1 Å². The van der Waals surface area contributed by atoms with E-state index in [1.807, 2.05) is 20.8 Å². The summed E-state index contributed by atoms with van der Waals surface area (Å²) < 4.78 is 46.5. The Morgan fingerprint density at radius 1 is 1.16 bits per heavy atom. The molecule has 0 bridgehead atoms. The summed E-state index contributed by atoms with van der Waals surface area (Å²) in [5, 5.41) is 3.05. The fourth-order valence-electron chi connectivity index (χ4n) is 4.22. The highest BCUT2D eigenvalue weighted by Gasteiger charge is 2.35. The number of hydrogen-bond acceptors (Lipinski definition) is 4. The fourth-order valence-corrected chi connectivity index (χ4v) is 5.92. The van der Waals surface area contributed by atoms with Crippen LogP contribution >= 0.6 is 0 Å². The van der Waals surface area contributed by atoms with E-state index in [-0.39, 0.29) is 35.7 Å². The molecule has 0 spiro atoms. The number of aryl methyl sites for hydroxylation is 3. The average Bonchev–Trinajstić information content (AvgIpc) is 2.76.